The Hall–Kier alpha value is -1.83. The number of hydrogen-bond acceptors (Lipinski definition) is 6. The van der Waals surface area contributed by atoms with Gasteiger partial charge in [0, 0.05) is 25.8 Å². The molecule has 2 heterocycles. The number of pyridine rings is 1. The molecule has 0 aliphatic heterocycles. The first-order valence-corrected chi connectivity index (χ1v) is 8.26. The van der Waals surface area contributed by atoms with Crippen molar-refractivity contribution >= 4 is 17.2 Å². The van der Waals surface area contributed by atoms with E-state index in [4.69, 9.17) is 9.47 Å². The molecule has 0 aliphatic carbocycles. The summed E-state index contributed by atoms with van der Waals surface area (Å²) in [6, 6.07) is 5.49. The monoisotopic (exact) mass is 335 g/mol. The number of nitrogens with one attached hydrogen (secondary N) is 1. The Morgan fingerprint density at radius 1 is 1.35 bits per heavy atom. The molecule has 1 N–H and O–H groups in total. The Labute approximate surface area is 139 Å². The van der Waals surface area contributed by atoms with Crippen molar-refractivity contribution in [1.29, 1.82) is 0 Å². The largest absolute Gasteiger partial charge is 0.354 e. The second kappa shape index (κ2) is 8.71. The zero-order chi connectivity index (χ0) is 16.7. The van der Waals surface area contributed by atoms with Crippen molar-refractivity contribution in [2.24, 2.45) is 0 Å². The molecule has 0 spiro atoms. The lowest BCUT2D eigenvalue weighted by Gasteiger charge is -2.24. The molecule has 23 heavy (non-hydrogen) atoms. The van der Waals surface area contributed by atoms with Crippen LogP contribution in [0.25, 0.3) is 10.7 Å². The summed E-state index contributed by atoms with van der Waals surface area (Å²) in [6.45, 7) is 1.97. The molecule has 0 saturated carbocycles. The van der Waals surface area contributed by atoms with Crippen LogP contribution in [0.2, 0.25) is 0 Å². The van der Waals surface area contributed by atoms with E-state index in [1.165, 1.54) is 11.3 Å². The lowest BCUT2D eigenvalue weighted by atomic mass is 10.2. The van der Waals surface area contributed by atoms with Crippen LogP contribution < -0.4 is 5.32 Å². The fourth-order valence-electron chi connectivity index (χ4n) is 2.20. The summed E-state index contributed by atoms with van der Waals surface area (Å²) in [4.78, 5) is 20.9. The Bertz CT molecular complexity index is 614. The van der Waals surface area contributed by atoms with E-state index in [2.05, 4.69) is 15.3 Å². The van der Waals surface area contributed by atoms with Gasteiger partial charge in [0.2, 0.25) is 5.91 Å². The maximum atomic E-state index is 12.2. The van der Waals surface area contributed by atoms with Gasteiger partial charge in [-0.25, -0.2) is 4.98 Å². The fourth-order valence-corrected chi connectivity index (χ4v) is 3.00. The number of thiazole rings is 1. The van der Waals surface area contributed by atoms with Gasteiger partial charge in [0.25, 0.3) is 0 Å². The topological polar surface area (TPSA) is 73.3 Å². The summed E-state index contributed by atoms with van der Waals surface area (Å²) in [5, 5.41) is 5.62. The van der Waals surface area contributed by atoms with Gasteiger partial charge >= 0.3 is 0 Å². The van der Waals surface area contributed by atoms with Crippen LogP contribution in [0, 0.1) is 0 Å². The zero-order valence-corrected chi connectivity index (χ0v) is 14.3. The molecule has 6 nitrogen and oxygen atoms in total. The van der Waals surface area contributed by atoms with Crippen molar-refractivity contribution < 1.29 is 14.3 Å². The van der Waals surface area contributed by atoms with Crippen LogP contribution in [0.15, 0.2) is 29.8 Å². The van der Waals surface area contributed by atoms with Gasteiger partial charge in [0.15, 0.2) is 6.29 Å². The highest BCUT2D eigenvalue weighted by Gasteiger charge is 2.21. The third-order valence-corrected chi connectivity index (χ3v) is 4.27. The molecule has 2 aromatic rings. The van der Waals surface area contributed by atoms with E-state index in [-0.39, 0.29) is 18.4 Å². The van der Waals surface area contributed by atoms with Crippen molar-refractivity contribution in [1.82, 2.24) is 15.3 Å². The minimum absolute atomic E-state index is 0.103. The number of carbonyl (C=O) groups excluding carboxylic acids is 1. The van der Waals surface area contributed by atoms with Gasteiger partial charge in [-0.15, -0.1) is 11.3 Å². The summed E-state index contributed by atoms with van der Waals surface area (Å²) >= 11 is 1.48. The highest BCUT2D eigenvalue weighted by Crippen LogP contribution is 2.21. The zero-order valence-electron chi connectivity index (χ0n) is 13.5. The van der Waals surface area contributed by atoms with Gasteiger partial charge in [-0.2, -0.15) is 0 Å². The molecule has 0 unspecified atom stereocenters. The van der Waals surface area contributed by atoms with Gasteiger partial charge < -0.3 is 14.8 Å². The summed E-state index contributed by atoms with van der Waals surface area (Å²) in [5.74, 6) is -0.103. The van der Waals surface area contributed by atoms with Gasteiger partial charge in [-0.1, -0.05) is 13.0 Å². The number of amides is 1. The second-order valence-corrected chi connectivity index (χ2v) is 5.82. The lowest BCUT2D eigenvalue weighted by molar-refractivity contribution is -0.137. The Balaban J connectivity index is 1.97. The van der Waals surface area contributed by atoms with Crippen LogP contribution in [-0.2, 0) is 20.7 Å². The third kappa shape index (κ3) is 4.82. The molecule has 0 aliphatic rings. The average molecular weight is 335 g/mol. The predicted octanol–water partition coefficient (Wildman–Crippen LogP) is 2.26. The summed E-state index contributed by atoms with van der Waals surface area (Å²) < 4.78 is 10.4. The van der Waals surface area contributed by atoms with E-state index < -0.39 is 6.29 Å². The van der Waals surface area contributed by atoms with E-state index in [9.17, 15) is 4.79 Å². The highest BCUT2D eigenvalue weighted by molar-refractivity contribution is 7.13. The normalized spacial score (nSPS) is 12.3. The molecule has 0 bridgehead atoms. The van der Waals surface area contributed by atoms with Crippen molar-refractivity contribution in [2.45, 2.75) is 32.1 Å². The van der Waals surface area contributed by atoms with Gasteiger partial charge in [-0.3, -0.25) is 9.78 Å². The number of aromatic nitrogens is 2. The lowest BCUT2D eigenvalue weighted by Crippen LogP contribution is -2.45. The fraction of sp³-hybridized carbons (Fsp3) is 0.438. The first kappa shape index (κ1) is 17.5. The predicted molar refractivity (Wildman–Crippen MR) is 89.1 cm³/mol. The van der Waals surface area contributed by atoms with E-state index in [0.717, 1.165) is 16.4 Å². The van der Waals surface area contributed by atoms with Crippen molar-refractivity contribution in [2.75, 3.05) is 14.2 Å². The van der Waals surface area contributed by atoms with E-state index in [1.807, 2.05) is 30.5 Å². The third-order valence-electron chi connectivity index (χ3n) is 3.36. The first-order valence-electron chi connectivity index (χ1n) is 7.38. The molecule has 2 aromatic heterocycles. The standard InChI is InChI=1S/C16H21N3O3S/c1-4-12(16(21-2)22-3)19-14(20)9-11-10-23-15(18-11)13-7-5-6-8-17-13/h5-8,10,12,16H,4,9H2,1-3H3,(H,19,20)/t12-/m1/s1. The molecule has 2 rings (SSSR count). The summed E-state index contributed by atoms with van der Waals surface area (Å²) in [7, 11) is 3.12. The maximum Gasteiger partial charge on any atom is 0.226 e. The van der Waals surface area contributed by atoms with Crippen LogP contribution in [-0.4, -0.2) is 42.4 Å². The minimum Gasteiger partial charge on any atom is -0.354 e. The maximum absolute atomic E-state index is 12.2. The quantitative estimate of drug-likeness (QED) is 0.749. The van der Waals surface area contributed by atoms with Crippen molar-refractivity contribution in [3.05, 3.63) is 35.5 Å². The molecule has 1 atom stereocenters. The van der Waals surface area contributed by atoms with Crippen LogP contribution >= 0.6 is 11.3 Å². The van der Waals surface area contributed by atoms with Crippen LogP contribution in [0.1, 0.15) is 19.0 Å². The smallest absolute Gasteiger partial charge is 0.226 e. The number of rotatable bonds is 8. The first-order chi connectivity index (χ1) is 11.2. The Kier molecular flexibility index (Phi) is 6.64. The van der Waals surface area contributed by atoms with Gasteiger partial charge in [0.1, 0.15) is 5.01 Å². The highest BCUT2D eigenvalue weighted by atomic mass is 32.1. The number of hydrogen-bond donors (Lipinski definition) is 1. The Morgan fingerprint density at radius 2 is 2.13 bits per heavy atom. The molecular formula is C16H21N3O3S. The van der Waals surface area contributed by atoms with Crippen LogP contribution in [0.3, 0.4) is 0 Å². The minimum atomic E-state index is -0.455. The van der Waals surface area contributed by atoms with E-state index in [1.54, 1.807) is 20.4 Å². The molecule has 0 aromatic carbocycles. The SMILES string of the molecule is CC[C@@H](NC(=O)Cc1csc(-c2ccccn2)n1)C(OC)OC. The number of methoxy groups -OCH3 is 2. The van der Waals surface area contributed by atoms with Crippen molar-refractivity contribution in [3.8, 4) is 10.7 Å². The van der Waals surface area contributed by atoms with Crippen molar-refractivity contribution in [3.63, 3.8) is 0 Å². The van der Waals surface area contributed by atoms with Gasteiger partial charge in [-0.05, 0) is 18.6 Å². The number of carbonyl (C=O) groups is 1. The average Bonchev–Trinajstić information content (AvgIpc) is 3.04. The second-order valence-electron chi connectivity index (χ2n) is 4.96. The molecular weight excluding hydrogens is 314 g/mol. The van der Waals surface area contributed by atoms with Crippen LogP contribution in [0.5, 0.6) is 0 Å². The summed E-state index contributed by atoms with van der Waals surface area (Å²) in [5.41, 5.74) is 1.55. The van der Waals surface area contributed by atoms with E-state index in [0.29, 0.717) is 6.42 Å². The Morgan fingerprint density at radius 3 is 2.74 bits per heavy atom. The number of ether oxygens (including phenoxy) is 2. The van der Waals surface area contributed by atoms with Crippen LogP contribution in [0.4, 0.5) is 0 Å². The molecule has 1 amide bonds. The van der Waals surface area contributed by atoms with E-state index >= 15 is 0 Å². The molecule has 0 radical (unpaired) electrons. The van der Waals surface area contributed by atoms with Gasteiger partial charge in [0.05, 0.1) is 23.9 Å². The molecule has 124 valence electrons. The number of nitrogens with zero attached hydrogens (tertiary/aromatic N) is 2. The molecule has 0 fully saturated rings. The summed E-state index contributed by atoms with van der Waals surface area (Å²) in [6.07, 6.45) is 2.21. The molecule has 7 heteroatoms. The molecule has 0 saturated heterocycles.